The predicted octanol–water partition coefficient (Wildman–Crippen LogP) is 3.72. The lowest BCUT2D eigenvalue weighted by molar-refractivity contribution is 0.177. The Morgan fingerprint density at radius 2 is 1.83 bits per heavy atom. The maximum absolute atomic E-state index is 10.5. The molecule has 2 heterocycles. The molecule has 0 aliphatic carbocycles. The number of rotatable bonds is 1. The SMILES string of the molecule is Cc1nnc2n1-c1ccc(Cl)cc1C(c1ccccc1Cl)=NC2O. The Labute approximate surface area is 148 Å². The van der Waals surface area contributed by atoms with E-state index in [4.69, 9.17) is 23.2 Å². The van der Waals surface area contributed by atoms with Gasteiger partial charge in [-0.1, -0.05) is 41.4 Å². The van der Waals surface area contributed by atoms with Crippen molar-refractivity contribution in [3.63, 3.8) is 0 Å². The quantitative estimate of drug-likeness (QED) is 0.720. The number of aromatic nitrogens is 3. The molecular formula is C17H12Cl2N4O. The van der Waals surface area contributed by atoms with Crippen molar-refractivity contribution >= 4 is 28.9 Å². The summed E-state index contributed by atoms with van der Waals surface area (Å²) in [5.74, 6) is 1.02. The Balaban J connectivity index is 2.07. The van der Waals surface area contributed by atoms with E-state index in [0.717, 1.165) is 16.8 Å². The highest BCUT2D eigenvalue weighted by Gasteiger charge is 2.27. The van der Waals surface area contributed by atoms with E-state index in [0.29, 0.717) is 27.4 Å². The summed E-state index contributed by atoms with van der Waals surface area (Å²) >= 11 is 12.6. The van der Waals surface area contributed by atoms with Crippen molar-refractivity contribution in [3.8, 4) is 5.69 Å². The van der Waals surface area contributed by atoms with Gasteiger partial charge in [-0.3, -0.25) is 4.57 Å². The Kier molecular flexibility index (Phi) is 3.64. The molecule has 4 rings (SSSR count). The number of fused-ring (bicyclic) bond motifs is 3. The van der Waals surface area contributed by atoms with Crippen LogP contribution in [0.25, 0.3) is 5.69 Å². The van der Waals surface area contributed by atoms with Crippen LogP contribution >= 0.6 is 23.2 Å². The third-order valence-corrected chi connectivity index (χ3v) is 4.48. The summed E-state index contributed by atoms with van der Waals surface area (Å²) < 4.78 is 1.78. The van der Waals surface area contributed by atoms with E-state index in [-0.39, 0.29) is 0 Å². The summed E-state index contributed by atoms with van der Waals surface area (Å²) in [7, 11) is 0. The molecule has 7 heteroatoms. The van der Waals surface area contributed by atoms with Crippen molar-refractivity contribution in [3.05, 3.63) is 75.3 Å². The minimum Gasteiger partial charge on any atom is -0.365 e. The lowest BCUT2D eigenvalue weighted by Crippen LogP contribution is -2.08. The van der Waals surface area contributed by atoms with Crippen LogP contribution in [-0.4, -0.2) is 25.6 Å². The van der Waals surface area contributed by atoms with Crippen LogP contribution in [0.3, 0.4) is 0 Å². The van der Waals surface area contributed by atoms with Crippen LogP contribution in [0.4, 0.5) is 0 Å². The van der Waals surface area contributed by atoms with Gasteiger partial charge in [0.25, 0.3) is 0 Å². The molecule has 2 aromatic carbocycles. The average Bonchev–Trinajstić information content (AvgIpc) is 2.89. The maximum Gasteiger partial charge on any atom is 0.207 e. The molecule has 0 radical (unpaired) electrons. The Morgan fingerprint density at radius 3 is 2.62 bits per heavy atom. The molecule has 1 unspecified atom stereocenters. The van der Waals surface area contributed by atoms with E-state index in [9.17, 15) is 5.11 Å². The minimum atomic E-state index is -1.15. The van der Waals surface area contributed by atoms with Crippen LogP contribution in [0, 0.1) is 6.92 Å². The van der Waals surface area contributed by atoms with E-state index < -0.39 is 6.23 Å². The van der Waals surface area contributed by atoms with Gasteiger partial charge in [0.2, 0.25) is 6.23 Å². The number of nitrogens with zero attached hydrogens (tertiary/aromatic N) is 4. The normalized spacial score (nSPS) is 16.2. The first-order chi connectivity index (χ1) is 11.6. The minimum absolute atomic E-state index is 0.359. The van der Waals surface area contributed by atoms with Gasteiger partial charge in [-0.25, -0.2) is 4.99 Å². The number of aliphatic hydroxyl groups excluding tert-OH is 1. The molecule has 5 nitrogen and oxygen atoms in total. The second-order valence-corrected chi connectivity index (χ2v) is 6.28. The van der Waals surface area contributed by atoms with Crippen LogP contribution in [-0.2, 0) is 0 Å². The zero-order valence-electron chi connectivity index (χ0n) is 12.6. The van der Waals surface area contributed by atoms with Crippen molar-refractivity contribution in [2.24, 2.45) is 4.99 Å². The second kappa shape index (κ2) is 5.70. The summed E-state index contributed by atoms with van der Waals surface area (Å²) in [6.45, 7) is 1.82. The van der Waals surface area contributed by atoms with Crippen LogP contribution in [0.5, 0.6) is 0 Å². The van der Waals surface area contributed by atoms with Crippen molar-refractivity contribution in [1.29, 1.82) is 0 Å². The largest absolute Gasteiger partial charge is 0.365 e. The predicted molar refractivity (Wildman–Crippen MR) is 93.2 cm³/mol. The van der Waals surface area contributed by atoms with Crippen molar-refractivity contribution < 1.29 is 5.11 Å². The van der Waals surface area contributed by atoms with Gasteiger partial charge in [0.1, 0.15) is 5.82 Å². The van der Waals surface area contributed by atoms with Crippen molar-refractivity contribution in [1.82, 2.24) is 14.8 Å². The van der Waals surface area contributed by atoms with E-state index in [2.05, 4.69) is 15.2 Å². The molecule has 120 valence electrons. The molecule has 1 aromatic heterocycles. The first kappa shape index (κ1) is 15.3. The Hall–Kier alpha value is -2.21. The summed E-state index contributed by atoms with van der Waals surface area (Å²) in [6, 6.07) is 12.8. The number of aliphatic hydroxyl groups is 1. The molecule has 1 aliphatic heterocycles. The summed E-state index contributed by atoms with van der Waals surface area (Å²) in [5.41, 5.74) is 2.84. The molecule has 0 saturated heterocycles. The van der Waals surface area contributed by atoms with Crippen molar-refractivity contribution in [2.45, 2.75) is 13.2 Å². The molecule has 1 atom stereocenters. The molecule has 1 aliphatic rings. The van der Waals surface area contributed by atoms with E-state index in [1.165, 1.54) is 0 Å². The van der Waals surface area contributed by atoms with E-state index in [1.807, 2.05) is 31.2 Å². The molecule has 0 spiro atoms. The lowest BCUT2D eigenvalue weighted by atomic mass is 10.0. The topological polar surface area (TPSA) is 63.3 Å². The summed E-state index contributed by atoms with van der Waals surface area (Å²) in [6.07, 6.45) is -1.15. The number of aryl methyl sites for hydroxylation is 1. The highest BCUT2D eigenvalue weighted by atomic mass is 35.5. The van der Waals surface area contributed by atoms with Crippen molar-refractivity contribution in [2.75, 3.05) is 0 Å². The van der Waals surface area contributed by atoms with Crippen LogP contribution in [0.1, 0.15) is 29.0 Å². The number of hydrogen-bond acceptors (Lipinski definition) is 4. The fourth-order valence-corrected chi connectivity index (χ4v) is 3.25. The highest BCUT2D eigenvalue weighted by Crippen LogP contribution is 2.32. The van der Waals surface area contributed by atoms with Gasteiger partial charge < -0.3 is 5.11 Å². The summed E-state index contributed by atoms with van der Waals surface area (Å²) in [4.78, 5) is 4.45. The smallest absolute Gasteiger partial charge is 0.207 e. The number of aliphatic imine (C=N–C) groups is 1. The van der Waals surface area contributed by atoms with Gasteiger partial charge in [-0.15, -0.1) is 10.2 Å². The van der Waals surface area contributed by atoms with Gasteiger partial charge in [-0.05, 0) is 31.2 Å². The fourth-order valence-electron chi connectivity index (χ4n) is 2.85. The first-order valence-corrected chi connectivity index (χ1v) is 8.05. The molecular weight excluding hydrogens is 347 g/mol. The Bertz CT molecular complexity index is 980. The first-order valence-electron chi connectivity index (χ1n) is 7.29. The average molecular weight is 359 g/mol. The number of halogens is 2. The number of hydrogen-bond donors (Lipinski definition) is 1. The fraction of sp³-hybridized carbons (Fsp3) is 0.118. The molecule has 0 bridgehead atoms. The third-order valence-electron chi connectivity index (χ3n) is 3.92. The third kappa shape index (κ3) is 2.33. The van der Waals surface area contributed by atoms with Gasteiger partial charge in [0, 0.05) is 21.2 Å². The maximum atomic E-state index is 10.5. The summed E-state index contributed by atoms with van der Waals surface area (Å²) in [5, 5.41) is 19.8. The van der Waals surface area contributed by atoms with Crippen LogP contribution in [0.15, 0.2) is 47.5 Å². The number of benzene rings is 2. The molecule has 0 saturated carbocycles. The zero-order valence-corrected chi connectivity index (χ0v) is 14.1. The molecule has 1 N–H and O–H groups in total. The molecule has 24 heavy (non-hydrogen) atoms. The zero-order chi connectivity index (χ0) is 16.8. The Morgan fingerprint density at radius 1 is 1.04 bits per heavy atom. The van der Waals surface area contributed by atoms with Gasteiger partial charge in [-0.2, -0.15) is 0 Å². The van der Waals surface area contributed by atoms with Gasteiger partial charge in [0.05, 0.1) is 11.4 Å². The van der Waals surface area contributed by atoms with E-state index in [1.54, 1.807) is 22.8 Å². The lowest BCUT2D eigenvalue weighted by Gasteiger charge is -2.13. The van der Waals surface area contributed by atoms with Gasteiger partial charge in [0.15, 0.2) is 5.82 Å². The highest BCUT2D eigenvalue weighted by molar-refractivity contribution is 6.36. The van der Waals surface area contributed by atoms with Crippen LogP contribution in [0.2, 0.25) is 10.0 Å². The van der Waals surface area contributed by atoms with Gasteiger partial charge >= 0.3 is 0 Å². The second-order valence-electron chi connectivity index (χ2n) is 5.43. The molecule has 0 fully saturated rings. The monoisotopic (exact) mass is 358 g/mol. The standard InChI is InChI=1S/C17H12Cl2N4O/c1-9-21-22-16-17(24)20-15(11-4-2-3-5-13(11)19)12-8-10(18)6-7-14(12)23(9)16/h2-8,17,24H,1H3. The molecule has 0 amide bonds. The molecule has 3 aromatic rings. The van der Waals surface area contributed by atoms with E-state index >= 15 is 0 Å². The van der Waals surface area contributed by atoms with Crippen LogP contribution < -0.4 is 0 Å².